The van der Waals surface area contributed by atoms with Crippen molar-refractivity contribution in [2.75, 3.05) is 0 Å². The Morgan fingerprint density at radius 2 is 1.57 bits per heavy atom. The molecule has 0 aliphatic heterocycles. The van der Waals surface area contributed by atoms with Crippen LogP contribution in [0.15, 0.2) is 37.0 Å². The third-order valence-corrected chi connectivity index (χ3v) is 4.18. The first-order chi connectivity index (χ1) is 9.70. The summed E-state index contributed by atoms with van der Waals surface area (Å²) in [7, 11) is 0. The maximum Gasteiger partial charge on any atom is -0.0259 e. The lowest BCUT2D eigenvalue weighted by atomic mass is 9.77. The van der Waals surface area contributed by atoms with E-state index in [2.05, 4.69) is 72.9 Å². The van der Waals surface area contributed by atoms with E-state index in [4.69, 9.17) is 0 Å². The van der Waals surface area contributed by atoms with Crippen molar-refractivity contribution >= 4 is 0 Å². The predicted octanol–water partition coefficient (Wildman–Crippen LogP) is 7.19. The Balaban J connectivity index is 4.74. The zero-order chi connectivity index (χ0) is 16.5. The van der Waals surface area contributed by atoms with Gasteiger partial charge in [-0.3, -0.25) is 0 Å². The molecule has 0 heterocycles. The lowest BCUT2D eigenvalue weighted by molar-refractivity contribution is 0.294. The van der Waals surface area contributed by atoms with Gasteiger partial charge in [-0.2, -0.15) is 0 Å². The van der Waals surface area contributed by atoms with Crippen LogP contribution >= 0.6 is 0 Å². The van der Waals surface area contributed by atoms with Crippen LogP contribution in [0.3, 0.4) is 0 Å². The molecular weight excluding hydrogens is 252 g/mol. The van der Waals surface area contributed by atoms with Crippen molar-refractivity contribution in [2.45, 2.75) is 73.6 Å². The molecular formula is C21H38. The van der Waals surface area contributed by atoms with Crippen molar-refractivity contribution in [1.29, 1.82) is 0 Å². The summed E-state index contributed by atoms with van der Waals surface area (Å²) in [5, 5.41) is 0. The number of hydrogen-bond donors (Lipinski definition) is 0. The zero-order valence-corrected chi connectivity index (χ0v) is 15.4. The van der Waals surface area contributed by atoms with Gasteiger partial charge in [-0.15, -0.1) is 13.2 Å². The zero-order valence-electron chi connectivity index (χ0n) is 15.4. The predicted molar refractivity (Wildman–Crippen MR) is 98.5 cm³/mol. The van der Waals surface area contributed by atoms with E-state index in [9.17, 15) is 0 Å². The quantitative estimate of drug-likeness (QED) is 0.353. The van der Waals surface area contributed by atoms with Crippen LogP contribution in [0, 0.1) is 23.2 Å². The topological polar surface area (TPSA) is 0 Å². The molecule has 0 saturated heterocycles. The molecule has 0 aliphatic carbocycles. The molecule has 0 fully saturated rings. The molecule has 0 aromatic heterocycles. The summed E-state index contributed by atoms with van der Waals surface area (Å²) in [6, 6.07) is 0. The second-order valence-corrected chi connectivity index (χ2v) is 8.00. The maximum atomic E-state index is 3.93. The van der Waals surface area contributed by atoms with Crippen molar-refractivity contribution < 1.29 is 0 Å². The molecule has 0 N–H and O–H groups in total. The molecule has 0 aliphatic rings. The van der Waals surface area contributed by atoms with E-state index >= 15 is 0 Å². The van der Waals surface area contributed by atoms with Gasteiger partial charge in [-0.05, 0) is 55.3 Å². The fourth-order valence-electron chi connectivity index (χ4n) is 2.84. The standard InChI is InChI=1S/C21H38/c1-9-18(5)12-14-20(13-11-17(3)4)16-21(7,8)15-19(6)10-2/h9-10,13,17-19H,1-2,11-12,14-16H2,3-8H3. The Hall–Kier alpha value is -0.780. The summed E-state index contributed by atoms with van der Waals surface area (Å²) >= 11 is 0. The van der Waals surface area contributed by atoms with E-state index in [0.29, 0.717) is 17.3 Å². The van der Waals surface area contributed by atoms with Crippen molar-refractivity contribution in [2.24, 2.45) is 23.2 Å². The van der Waals surface area contributed by atoms with Crippen LogP contribution in [0.2, 0.25) is 0 Å². The molecule has 0 nitrogen and oxygen atoms in total. The second kappa shape index (κ2) is 10.0. The Morgan fingerprint density at radius 1 is 1.00 bits per heavy atom. The highest BCUT2D eigenvalue weighted by Gasteiger charge is 2.21. The van der Waals surface area contributed by atoms with Crippen molar-refractivity contribution in [1.82, 2.24) is 0 Å². The molecule has 122 valence electrons. The van der Waals surface area contributed by atoms with Gasteiger partial charge in [-0.1, -0.05) is 65.3 Å². The van der Waals surface area contributed by atoms with Crippen LogP contribution in [0.4, 0.5) is 0 Å². The van der Waals surface area contributed by atoms with E-state index in [0.717, 1.165) is 5.92 Å². The van der Waals surface area contributed by atoms with Gasteiger partial charge in [-0.25, -0.2) is 0 Å². The summed E-state index contributed by atoms with van der Waals surface area (Å²) in [5.41, 5.74) is 1.99. The van der Waals surface area contributed by atoms with Crippen molar-refractivity contribution in [3.8, 4) is 0 Å². The van der Waals surface area contributed by atoms with Crippen molar-refractivity contribution in [3.63, 3.8) is 0 Å². The van der Waals surface area contributed by atoms with E-state index in [-0.39, 0.29) is 0 Å². The molecule has 0 saturated carbocycles. The van der Waals surface area contributed by atoms with Crippen molar-refractivity contribution in [3.05, 3.63) is 37.0 Å². The van der Waals surface area contributed by atoms with Gasteiger partial charge in [0.25, 0.3) is 0 Å². The number of hydrogen-bond acceptors (Lipinski definition) is 0. The first-order valence-electron chi connectivity index (χ1n) is 8.63. The normalized spacial score (nSPS) is 15.9. The second-order valence-electron chi connectivity index (χ2n) is 8.00. The van der Waals surface area contributed by atoms with Crippen LogP contribution in [0.5, 0.6) is 0 Å². The van der Waals surface area contributed by atoms with Crippen LogP contribution in [-0.2, 0) is 0 Å². The number of rotatable bonds is 11. The van der Waals surface area contributed by atoms with Crippen LogP contribution in [0.25, 0.3) is 0 Å². The highest BCUT2D eigenvalue weighted by molar-refractivity contribution is 5.06. The van der Waals surface area contributed by atoms with E-state index in [1.807, 2.05) is 0 Å². The van der Waals surface area contributed by atoms with E-state index in [1.54, 1.807) is 5.57 Å². The summed E-state index contributed by atoms with van der Waals surface area (Å²) in [4.78, 5) is 0. The molecule has 2 atom stereocenters. The minimum Gasteiger partial charge on any atom is -0.103 e. The SMILES string of the molecule is C=CC(C)CCC(=CCC(C)C)CC(C)(C)CC(C)C=C. The minimum atomic E-state index is 0.355. The summed E-state index contributed by atoms with van der Waals surface area (Å²) < 4.78 is 0. The average molecular weight is 291 g/mol. The molecule has 2 unspecified atom stereocenters. The molecule has 0 amide bonds. The highest BCUT2D eigenvalue weighted by Crippen LogP contribution is 2.35. The lowest BCUT2D eigenvalue weighted by Gasteiger charge is -2.29. The number of allylic oxidation sites excluding steroid dienone is 4. The van der Waals surface area contributed by atoms with Gasteiger partial charge in [0.15, 0.2) is 0 Å². The molecule has 0 rings (SSSR count). The van der Waals surface area contributed by atoms with Crippen LogP contribution in [-0.4, -0.2) is 0 Å². The Bertz CT molecular complexity index is 330. The summed E-state index contributed by atoms with van der Waals surface area (Å²) in [5.74, 6) is 1.95. The summed E-state index contributed by atoms with van der Waals surface area (Å²) in [6.07, 6.45) is 12.7. The third kappa shape index (κ3) is 10.6. The Morgan fingerprint density at radius 3 is 2.05 bits per heavy atom. The van der Waals surface area contributed by atoms with Crippen LogP contribution in [0.1, 0.15) is 73.6 Å². The van der Waals surface area contributed by atoms with Gasteiger partial charge in [0.05, 0.1) is 0 Å². The smallest absolute Gasteiger partial charge is 0.0259 e. The lowest BCUT2D eigenvalue weighted by Crippen LogP contribution is -2.16. The largest absolute Gasteiger partial charge is 0.103 e. The average Bonchev–Trinajstić information content (AvgIpc) is 2.40. The Labute approximate surface area is 134 Å². The molecule has 21 heavy (non-hydrogen) atoms. The first kappa shape index (κ1) is 20.2. The van der Waals surface area contributed by atoms with Gasteiger partial charge < -0.3 is 0 Å². The molecule has 0 aromatic carbocycles. The summed E-state index contributed by atoms with van der Waals surface area (Å²) in [6.45, 7) is 21.8. The third-order valence-electron chi connectivity index (χ3n) is 4.18. The monoisotopic (exact) mass is 290 g/mol. The first-order valence-corrected chi connectivity index (χ1v) is 8.63. The maximum absolute atomic E-state index is 3.93. The van der Waals surface area contributed by atoms with Crippen LogP contribution < -0.4 is 0 Å². The fourth-order valence-corrected chi connectivity index (χ4v) is 2.84. The van der Waals surface area contributed by atoms with Gasteiger partial charge in [0.1, 0.15) is 0 Å². The van der Waals surface area contributed by atoms with Gasteiger partial charge in [0, 0.05) is 0 Å². The van der Waals surface area contributed by atoms with Gasteiger partial charge in [0.2, 0.25) is 0 Å². The van der Waals surface area contributed by atoms with E-state index in [1.165, 1.54) is 32.1 Å². The fraction of sp³-hybridized carbons (Fsp3) is 0.714. The molecule has 0 aromatic rings. The Kier molecular flexibility index (Phi) is 9.66. The van der Waals surface area contributed by atoms with E-state index < -0.39 is 0 Å². The highest BCUT2D eigenvalue weighted by atomic mass is 14.3. The van der Waals surface area contributed by atoms with Gasteiger partial charge >= 0.3 is 0 Å². The minimum absolute atomic E-state index is 0.355. The molecule has 0 heteroatoms. The molecule has 0 radical (unpaired) electrons. The molecule has 0 spiro atoms. The molecule has 0 bridgehead atoms.